The molecule has 2 aromatic rings. The number of rotatable bonds is 3. The molecule has 0 bridgehead atoms. The van der Waals surface area contributed by atoms with Gasteiger partial charge in [0.2, 0.25) is 0 Å². The van der Waals surface area contributed by atoms with Crippen LogP contribution < -0.4 is 5.32 Å². The summed E-state index contributed by atoms with van der Waals surface area (Å²) in [6, 6.07) is 12.8. The number of phenolic OH excluding ortho intramolecular Hbond substituents is 1. The van der Waals surface area contributed by atoms with E-state index < -0.39 is 4.92 Å². The number of hydrogen-bond donors (Lipinski definition) is 2. The molecular weight excluding hydrogens is 330 g/mol. The second-order valence-corrected chi connectivity index (χ2v) is 5.85. The number of nitrogens with zero attached hydrogens (tertiary/aromatic N) is 2. The van der Waals surface area contributed by atoms with E-state index in [4.69, 9.17) is 0 Å². The summed E-state index contributed by atoms with van der Waals surface area (Å²) >= 11 is 1.10. The van der Waals surface area contributed by atoms with Gasteiger partial charge in [-0.3, -0.25) is 14.9 Å². The van der Waals surface area contributed by atoms with Crippen LogP contribution in [-0.4, -0.2) is 21.1 Å². The average molecular weight is 341 g/mol. The van der Waals surface area contributed by atoms with E-state index in [1.807, 2.05) is 18.2 Å². The Bertz CT molecular complexity index is 878. The molecule has 8 heteroatoms. The zero-order chi connectivity index (χ0) is 17.1. The Morgan fingerprint density at radius 3 is 2.67 bits per heavy atom. The molecule has 0 unspecified atom stereocenters. The van der Waals surface area contributed by atoms with E-state index in [0.29, 0.717) is 15.8 Å². The Labute approximate surface area is 140 Å². The molecule has 24 heavy (non-hydrogen) atoms. The number of nitro groups is 1. The minimum Gasteiger partial charge on any atom is -0.507 e. The van der Waals surface area contributed by atoms with E-state index in [2.05, 4.69) is 10.3 Å². The maximum atomic E-state index is 12.0. The third-order valence-corrected chi connectivity index (χ3v) is 4.06. The third kappa shape index (κ3) is 3.44. The fourth-order valence-corrected chi connectivity index (χ4v) is 2.85. The van der Waals surface area contributed by atoms with Crippen LogP contribution in [0.5, 0.6) is 5.75 Å². The summed E-state index contributed by atoms with van der Waals surface area (Å²) in [5.74, 6) is -0.518. The Kier molecular flexibility index (Phi) is 4.30. The molecule has 1 aliphatic heterocycles. The van der Waals surface area contributed by atoms with Crippen LogP contribution in [0.25, 0.3) is 6.08 Å². The van der Waals surface area contributed by atoms with E-state index >= 15 is 0 Å². The largest absolute Gasteiger partial charge is 0.507 e. The lowest BCUT2D eigenvalue weighted by atomic mass is 10.1. The number of aromatic hydroxyl groups is 1. The van der Waals surface area contributed by atoms with Crippen molar-refractivity contribution >= 4 is 40.3 Å². The average Bonchev–Trinajstić information content (AvgIpc) is 2.89. The highest BCUT2D eigenvalue weighted by Crippen LogP contribution is 2.31. The van der Waals surface area contributed by atoms with Gasteiger partial charge in [-0.25, -0.2) is 4.99 Å². The number of hydrogen-bond acceptors (Lipinski definition) is 6. The number of thioether (sulfide) groups is 1. The van der Waals surface area contributed by atoms with Gasteiger partial charge < -0.3 is 10.4 Å². The fourth-order valence-electron chi connectivity index (χ4n) is 2.01. The van der Waals surface area contributed by atoms with Crippen molar-refractivity contribution in [3.63, 3.8) is 0 Å². The smallest absolute Gasteiger partial charge is 0.270 e. The highest BCUT2D eigenvalue weighted by atomic mass is 32.2. The molecule has 1 amide bonds. The van der Waals surface area contributed by atoms with Crippen LogP contribution in [0.1, 0.15) is 5.56 Å². The summed E-state index contributed by atoms with van der Waals surface area (Å²) in [6.07, 6.45) is 1.40. The maximum Gasteiger partial charge on any atom is 0.270 e. The van der Waals surface area contributed by atoms with Crippen molar-refractivity contribution in [2.45, 2.75) is 0 Å². The van der Waals surface area contributed by atoms with E-state index in [1.54, 1.807) is 12.1 Å². The molecule has 0 aromatic heterocycles. The molecule has 3 rings (SSSR count). The molecule has 1 saturated heterocycles. The molecular formula is C16H11N3O4S. The first kappa shape index (κ1) is 15.8. The van der Waals surface area contributed by atoms with Crippen LogP contribution in [0.4, 0.5) is 11.4 Å². The Morgan fingerprint density at radius 1 is 1.21 bits per heavy atom. The predicted octanol–water partition coefficient (Wildman–Crippen LogP) is 3.19. The molecule has 0 atom stereocenters. The number of nitro benzene ring substituents is 1. The van der Waals surface area contributed by atoms with E-state index in [1.165, 1.54) is 24.3 Å². The van der Waals surface area contributed by atoms with Crippen molar-refractivity contribution < 1.29 is 14.8 Å². The van der Waals surface area contributed by atoms with Gasteiger partial charge in [0.1, 0.15) is 5.75 Å². The van der Waals surface area contributed by atoms with Gasteiger partial charge in [-0.1, -0.05) is 18.2 Å². The summed E-state index contributed by atoms with van der Waals surface area (Å²) in [6.45, 7) is 0. The maximum absolute atomic E-state index is 12.0. The lowest BCUT2D eigenvalue weighted by Crippen LogP contribution is -2.19. The first-order valence-corrected chi connectivity index (χ1v) is 7.66. The second-order valence-electron chi connectivity index (χ2n) is 4.82. The van der Waals surface area contributed by atoms with Crippen LogP contribution in [0, 0.1) is 10.1 Å². The minimum absolute atomic E-state index is 0.144. The monoisotopic (exact) mass is 341 g/mol. The first-order valence-electron chi connectivity index (χ1n) is 6.85. The Hall–Kier alpha value is -3.13. The Balaban J connectivity index is 1.89. The number of carbonyl (C=O) groups excluding carboxylic acids is 1. The van der Waals surface area contributed by atoms with Crippen LogP contribution in [0.2, 0.25) is 0 Å². The zero-order valence-electron chi connectivity index (χ0n) is 12.2. The van der Waals surface area contributed by atoms with Crippen LogP contribution in [0.15, 0.2) is 58.4 Å². The van der Waals surface area contributed by atoms with Gasteiger partial charge in [0.15, 0.2) is 5.17 Å². The number of phenols is 1. The Morgan fingerprint density at radius 2 is 1.96 bits per heavy atom. The van der Waals surface area contributed by atoms with Gasteiger partial charge in [0.05, 0.1) is 15.5 Å². The summed E-state index contributed by atoms with van der Waals surface area (Å²) in [4.78, 5) is 26.9. The lowest BCUT2D eigenvalue weighted by Gasteiger charge is -1.99. The number of benzene rings is 2. The third-order valence-electron chi connectivity index (χ3n) is 3.15. The van der Waals surface area contributed by atoms with E-state index in [9.17, 15) is 20.0 Å². The van der Waals surface area contributed by atoms with Gasteiger partial charge in [-0.2, -0.15) is 0 Å². The van der Waals surface area contributed by atoms with Crippen LogP contribution in [0.3, 0.4) is 0 Å². The molecule has 1 fully saturated rings. The van der Waals surface area contributed by atoms with Crippen molar-refractivity contribution in [3.8, 4) is 5.75 Å². The quantitative estimate of drug-likeness (QED) is 0.507. The number of carbonyl (C=O) groups is 1. The fraction of sp³-hybridized carbons (Fsp3) is 0. The minimum atomic E-state index is -0.564. The lowest BCUT2D eigenvalue weighted by molar-refractivity contribution is -0.384. The number of amides is 1. The first-order chi connectivity index (χ1) is 11.5. The van der Waals surface area contributed by atoms with Crippen LogP contribution >= 0.6 is 11.8 Å². The molecule has 0 radical (unpaired) electrons. The highest BCUT2D eigenvalue weighted by molar-refractivity contribution is 8.18. The molecule has 2 N–H and O–H groups in total. The second kappa shape index (κ2) is 6.55. The predicted molar refractivity (Wildman–Crippen MR) is 92.0 cm³/mol. The summed E-state index contributed by atoms with van der Waals surface area (Å²) in [5.41, 5.74) is 0.726. The van der Waals surface area contributed by atoms with E-state index in [-0.39, 0.29) is 22.9 Å². The summed E-state index contributed by atoms with van der Waals surface area (Å²) in [7, 11) is 0. The van der Waals surface area contributed by atoms with Gasteiger partial charge in [0, 0.05) is 17.7 Å². The van der Waals surface area contributed by atoms with Crippen molar-refractivity contribution in [2.24, 2.45) is 4.99 Å². The normalized spacial score (nSPS) is 17.2. The molecule has 7 nitrogen and oxygen atoms in total. The van der Waals surface area contributed by atoms with Gasteiger partial charge in [-0.15, -0.1) is 0 Å². The van der Waals surface area contributed by atoms with Crippen molar-refractivity contribution in [1.82, 2.24) is 5.32 Å². The number of amidine groups is 1. The van der Waals surface area contributed by atoms with E-state index in [0.717, 1.165) is 11.8 Å². The summed E-state index contributed by atoms with van der Waals surface area (Å²) < 4.78 is 0. The molecule has 2 aromatic carbocycles. The van der Waals surface area contributed by atoms with Gasteiger partial charge in [0.25, 0.3) is 11.6 Å². The van der Waals surface area contributed by atoms with Crippen molar-refractivity contribution in [3.05, 3.63) is 69.1 Å². The molecule has 0 saturated carbocycles. The zero-order valence-corrected chi connectivity index (χ0v) is 13.0. The molecule has 1 heterocycles. The number of aliphatic imine (C=N–C) groups is 1. The topological polar surface area (TPSA) is 105 Å². The van der Waals surface area contributed by atoms with Crippen molar-refractivity contribution in [2.75, 3.05) is 0 Å². The standard InChI is InChI=1S/C16H11N3O4S/c20-13-7-6-12(19(22)23)8-10(13)9-14-15(21)18-16(24-14)17-11-4-2-1-3-5-11/h1-9,20H,(H,17,18,21)/b14-9-. The van der Waals surface area contributed by atoms with Crippen LogP contribution in [-0.2, 0) is 4.79 Å². The number of non-ortho nitro benzene ring substituents is 1. The number of nitrogens with one attached hydrogen (secondary N) is 1. The molecule has 120 valence electrons. The highest BCUT2D eigenvalue weighted by Gasteiger charge is 2.24. The van der Waals surface area contributed by atoms with Crippen molar-refractivity contribution in [1.29, 1.82) is 0 Å². The SMILES string of the molecule is O=C1NC(=Nc2ccccc2)S/C1=C\c1cc([N+](=O)[O-])ccc1O. The van der Waals surface area contributed by atoms with Gasteiger partial charge in [-0.05, 0) is 36.0 Å². The molecule has 1 aliphatic rings. The number of para-hydroxylation sites is 1. The van der Waals surface area contributed by atoms with Gasteiger partial charge >= 0.3 is 0 Å². The summed E-state index contributed by atoms with van der Waals surface area (Å²) in [5, 5.41) is 23.7. The molecule has 0 spiro atoms. The molecule has 0 aliphatic carbocycles.